The molecule has 6 heteroatoms. The SMILES string of the molecule is COCc1cc(C)c(O[C@H]2CC[C@@](C)(C(=O)OCc3cccc4ccccc34)CC2)cc1C(=O)O. The number of carbonyl (C=O) groups is 2. The van der Waals surface area contributed by atoms with Crippen molar-refractivity contribution in [2.24, 2.45) is 5.41 Å². The molecule has 0 radical (unpaired) electrons. The third-order valence-electron chi connectivity index (χ3n) is 6.99. The zero-order valence-electron chi connectivity index (χ0n) is 20.5. The molecule has 0 aliphatic heterocycles. The molecule has 1 aliphatic rings. The summed E-state index contributed by atoms with van der Waals surface area (Å²) in [5, 5.41) is 11.8. The first-order valence-electron chi connectivity index (χ1n) is 12.0. The van der Waals surface area contributed by atoms with Gasteiger partial charge in [-0.3, -0.25) is 4.79 Å². The van der Waals surface area contributed by atoms with Gasteiger partial charge in [-0.1, -0.05) is 42.5 Å². The van der Waals surface area contributed by atoms with E-state index in [4.69, 9.17) is 14.2 Å². The Morgan fingerprint density at radius 1 is 1.00 bits per heavy atom. The number of hydrogen-bond acceptors (Lipinski definition) is 5. The van der Waals surface area contributed by atoms with Crippen LogP contribution in [-0.4, -0.2) is 30.3 Å². The number of carboxylic acids is 1. The number of fused-ring (bicyclic) bond motifs is 1. The Kier molecular flexibility index (Phi) is 7.41. The molecular weight excluding hydrogens is 444 g/mol. The number of benzene rings is 3. The average molecular weight is 477 g/mol. The fourth-order valence-corrected chi connectivity index (χ4v) is 4.81. The maximum absolute atomic E-state index is 13.0. The van der Waals surface area contributed by atoms with Crippen molar-refractivity contribution in [1.29, 1.82) is 0 Å². The minimum atomic E-state index is -1.01. The van der Waals surface area contributed by atoms with Gasteiger partial charge in [0.15, 0.2) is 0 Å². The molecule has 6 nitrogen and oxygen atoms in total. The molecule has 4 rings (SSSR count). The number of rotatable bonds is 8. The van der Waals surface area contributed by atoms with Crippen molar-refractivity contribution >= 4 is 22.7 Å². The molecule has 35 heavy (non-hydrogen) atoms. The van der Waals surface area contributed by atoms with Crippen LogP contribution in [0.25, 0.3) is 10.8 Å². The lowest BCUT2D eigenvalue weighted by Gasteiger charge is -2.35. The van der Waals surface area contributed by atoms with Crippen molar-refractivity contribution in [2.45, 2.75) is 58.8 Å². The Bertz CT molecular complexity index is 1220. The standard InChI is InChI=1S/C29H32O6/c1-19-15-22(17-33-3)25(27(30)31)16-26(19)35-23-11-13-29(2,14-12-23)28(32)34-18-21-9-6-8-20-7-4-5-10-24(20)21/h4-10,15-16,23H,11-14,17-18H2,1-3H3,(H,30,31)/t23-,29+. The quantitative estimate of drug-likeness (QED) is 0.398. The van der Waals surface area contributed by atoms with E-state index in [1.54, 1.807) is 12.1 Å². The number of hydrogen-bond donors (Lipinski definition) is 1. The van der Waals surface area contributed by atoms with Gasteiger partial charge in [-0.15, -0.1) is 0 Å². The number of aromatic carboxylic acids is 1. The summed E-state index contributed by atoms with van der Waals surface area (Å²) < 4.78 is 17.1. The van der Waals surface area contributed by atoms with Gasteiger partial charge in [0.25, 0.3) is 0 Å². The first-order valence-corrected chi connectivity index (χ1v) is 12.0. The Morgan fingerprint density at radius 3 is 2.43 bits per heavy atom. The van der Waals surface area contributed by atoms with Gasteiger partial charge in [0.1, 0.15) is 12.4 Å². The van der Waals surface area contributed by atoms with Crippen molar-refractivity contribution in [2.75, 3.05) is 7.11 Å². The summed E-state index contributed by atoms with van der Waals surface area (Å²) in [6.07, 6.45) is 2.61. The van der Waals surface area contributed by atoms with Gasteiger partial charge in [0, 0.05) is 7.11 Å². The van der Waals surface area contributed by atoms with E-state index in [2.05, 4.69) is 12.1 Å². The predicted octanol–water partition coefficient (Wildman–Crippen LogP) is 6.06. The van der Waals surface area contributed by atoms with Gasteiger partial charge in [-0.2, -0.15) is 0 Å². The van der Waals surface area contributed by atoms with Crippen LogP contribution < -0.4 is 4.74 Å². The fourth-order valence-electron chi connectivity index (χ4n) is 4.81. The van der Waals surface area contributed by atoms with Crippen LogP contribution in [0, 0.1) is 12.3 Å². The summed E-state index contributed by atoms with van der Waals surface area (Å²) in [6.45, 7) is 4.34. The normalized spacial score (nSPS) is 19.9. The van der Waals surface area contributed by atoms with E-state index >= 15 is 0 Å². The average Bonchev–Trinajstić information content (AvgIpc) is 2.85. The number of methoxy groups -OCH3 is 1. The Hall–Kier alpha value is -3.38. The van der Waals surface area contributed by atoms with Crippen LogP contribution in [0.15, 0.2) is 54.6 Å². The third kappa shape index (κ3) is 5.49. The maximum atomic E-state index is 13.0. The molecule has 3 aromatic rings. The topological polar surface area (TPSA) is 82.1 Å². The molecule has 1 aliphatic carbocycles. The van der Waals surface area contributed by atoms with E-state index < -0.39 is 11.4 Å². The van der Waals surface area contributed by atoms with Crippen molar-refractivity contribution in [1.82, 2.24) is 0 Å². The highest BCUT2D eigenvalue weighted by atomic mass is 16.5. The maximum Gasteiger partial charge on any atom is 0.336 e. The predicted molar refractivity (Wildman–Crippen MR) is 134 cm³/mol. The van der Waals surface area contributed by atoms with Gasteiger partial charge >= 0.3 is 11.9 Å². The van der Waals surface area contributed by atoms with E-state index in [0.29, 0.717) is 37.0 Å². The van der Waals surface area contributed by atoms with E-state index in [0.717, 1.165) is 21.9 Å². The summed E-state index contributed by atoms with van der Waals surface area (Å²) in [6, 6.07) is 17.5. The largest absolute Gasteiger partial charge is 0.490 e. The van der Waals surface area contributed by atoms with Gasteiger partial charge < -0.3 is 19.3 Å². The number of esters is 1. The summed E-state index contributed by atoms with van der Waals surface area (Å²) in [5.41, 5.74) is 2.11. The monoisotopic (exact) mass is 476 g/mol. The minimum absolute atomic E-state index is 0.0810. The van der Waals surface area contributed by atoms with E-state index in [1.165, 1.54) is 7.11 Å². The van der Waals surface area contributed by atoms with Crippen molar-refractivity contribution in [3.8, 4) is 5.75 Å². The molecule has 184 valence electrons. The molecule has 3 aromatic carbocycles. The zero-order valence-corrected chi connectivity index (χ0v) is 20.5. The highest BCUT2D eigenvalue weighted by Gasteiger charge is 2.39. The Balaban J connectivity index is 1.37. The Labute approximate surface area is 205 Å². The molecule has 1 N–H and O–H groups in total. The molecule has 0 atom stereocenters. The van der Waals surface area contributed by atoms with Crippen LogP contribution >= 0.6 is 0 Å². The van der Waals surface area contributed by atoms with Crippen LogP contribution in [-0.2, 0) is 27.5 Å². The second-order valence-corrected chi connectivity index (χ2v) is 9.61. The molecule has 1 fully saturated rings. The summed E-state index contributed by atoms with van der Waals surface area (Å²) in [7, 11) is 1.54. The summed E-state index contributed by atoms with van der Waals surface area (Å²) in [4.78, 5) is 24.7. The number of aryl methyl sites for hydroxylation is 1. The van der Waals surface area contributed by atoms with Crippen molar-refractivity contribution in [3.63, 3.8) is 0 Å². The van der Waals surface area contributed by atoms with Crippen LogP contribution in [0.4, 0.5) is 0 Å². The molecule has 0 unspecified atom stereocenters. The van der Waals surface area contributed by atoms with E-state index in [9.17, 15) is 14.7 Å². The van der Waals surface area contributed by atoms with Crippen molar-refractivity contribution in [3.05, 3.63) is 76.9 Å². The number of carbonyl (C=O) groups excluding carboxylic acids is 1. The molecule has 0 aromatic heterocycles. The van der Waals surface area contributed by atoms with Gasteiger partial charge in [0.2, 0.25) is 0 Å². The molecule has 1 saturated carbocycles. The second-order valence-electron chi connectivity index (χ2n) is 9.61. The van der Waals surface area contributed by atoms with E-state index in [-0.39, 0.29) is 30.9 Å². The lowest BCUT2D eigenvalue weighted by Crippen LogP contribution is -2.37. The highest BCUT2D eigenvalue weighted by molar-refractivity contribution is 5.90. The zero-order chi connectivity index (χ0) is 25.0. The van der Waals surface area contributed by atoms with E-state index in [1.807, 2.05) is 44.2 Å². The van der Waals surface area contributed by atoms with Gasteiger partial charge in [0.05, 0.1) is 23.7 Å². The number of carboxylic acid groups (broad SMARTS) is 1. The highest BCUT2D eigenvalue weighted by Crippen LogP contribution is 2.39. The van der Waals surface area contributed by atoms with Crippen LogP contribution in [0.3, 0.4) is 0 Å². The van der Waals surface area contributed by atoms with Crippen LogP contribution in [0.5, 0.6) is 5.75 Å². The fraction of sp³-hybridized carbons (Fsp3) is 0.379. The van der Waals surface area contributed by atoms with Crippen molar-refractivity contribution < 1.29 is 28.9 Å². The van der Waals surface area contributed by atoms with Crippen LogP contribution in [0.2, 0.25) is 0 Å². The van der Waals surface area contributed by atoms with Gasteiger partial charge in [-0.25, -0.2) is 4.79 Å². The smallest absolute Gasteiger partial charge is 0.336 e. The van der Waals surface area contributed by atoms with Crippen LogP contribution in [0.1, 0.15) is 59.7 Å². The second kappa shape index (κ2) is 10.5. The molecular formula is C29H32O6. The molecule has 0 amide bonds. The summed E-state index contributed by atoms with van der Waals surface area (Å²) in [5.74, 6) is -0.626. The molecule has 0 bridgehead atoms. The first-order chi connectivity index (χ1) is 16.8. The summed E-state index contributed by atoms with van der Waals surface area (Å²) >= 11 is 0. The first kappa shape index (κ1) is 24.7. The lowest BCUT2D eigenvalue weighted by molar-refractivity contribution is -0.159. The lowest BCUT2D eigenvalue weighted by atomic mass is 9.74. The molecule has 0 spiro atoms. The molecule has 0 saturated heterocycles. The van der Waals surface area contributed by atoms with Gasteiger partial charge in [-0.05, 0) is 79.1 Å². The molecule has 0 heterocycles. The third-order valence-corrected chi connectivity index (χ3v) is 6.99. The minimum Gasteiger partial charge on any atom is -0.490 e. The number of ether oxygens (including phenoxy) is 3. The Morgan fingerprint density at radius 2 is 1.71 bits per heavy atom.